The molecule has 0 aromatic heterocycles. The normalized spacial score (nSPS) is 14.1. The van der Waals surface area contributed by atoms with E-state index in [9.17, 15) is 4.79 Å². The third-order valence-corrected chi connectivity index (χ3v) is 3.50. The van der Waals surface area contributed by atoms with Crippen LogP contribution >= 0.6 is 0 Å². The second-order valence-electron chi connectivity index (χ2n) is 6.65. The molecule has 2 N–H and O–H groups in total. The minimum absolute atomic E-state index is 0.0967. The Kier molecular flexibility index (Phi) is 5.10. The second-order valence-corrected chi connectivity index (χ2v) is 6.65. The van der Waals surface area contributed by atoms with Crippen molar-refractivity contribution in [3.05, 3.63) is 18.2 Å². The van der Waals surface area contributed by atoms with Crippen molar-refractivity contribution >= 4 is 17.3 Å². The van der Waals surface area contributed by atoms with Crippen LogP contribution < -0.4 is 15.4 Å². The first-order chi connectivity index (χ1) is 9.94. The number of benzene rings is 1. The van der Waals surface area contributed by atoms with Crippen LogP contribution in [0, 0.1) is 11.8 Å². The number of anilines is 2. The van der Waals surface area contributed by atoms with Crippen LogP contribution in [0.2, 0.25) is 0 Å². The minimum atomic E-state index is -0.0967. The van der Waals surface area contributed by atoms with E-state index in [4.69, 9.17) is 4.74 Å². The largest absolute Gasteiger partial charge is 0.482 e. The fourth-order valence-corrected chi connectivity index (χ4v) is 2.76. The van der Waals surface area contributed by atoms with Crippen molar-refractivity contribution in [3.8, 4) is 5.75 Å². The van der Waals surface area contributed by atoms with E-state index in [1.54, 1.807) is 0 Å². The van der Waals surface area contributed by atoms with Gasteiger partial charge >= 0.3 is 0 Å². The molecule has 1 aliphatic heterocycles. The average Bonchev–Trinajstić information content (AvgIpc) is 2.36. The lowest BCUT2D eigenvalue weighted by atomic mass is 9.95. The van der Waals surface area contributed by atoms with Crippen LogP contribution in [0.3, 0.4) is 0 Å². The first-order valence-electron chi connectivity index (χ1n) is 7.77. The van der Waals surface area contributed by atoms with Gasteiger partial charge in [-0.3, -0.25) is 4.79 Å². The Bertz CT molecular complexity index is 488. The molecule has 1 amide bonds. The molecule has 1 aromatic carbocycles. The van der Waals surface area contributed by atoms with Crippen LogP contribution in [-0.4, -0.2) is 18.6 Å². The van der Waals surface area contributed by atoms with Gasteiger partial charge in [0.2, 0.25) is 0 Å². The van der Waals surface area contributed by atoms with Gasteiger partial charge in [-0.05, 0) is 42.9 Å². The van der Waals surface area contributed by atoms with Gasteiger partial charge in [-0.1, -0.05) is 27.7 Å². The van der Waals surface area contributed by atoms with Crippen molar-refractivity contribution in [2.24, 2.45) is 11.8 Å². The summed E-state index contributed by atoms with van der Waals surface area (Å²) in [5, 5.41) is 6.45. The number of carbonyl (C=O) groups excluding carboxylic acids is 1. The minimum Gasteiger partial charge on any atom is -0.482 e. The van der Waals surface area contributed by atoms with Crippen molar-refractivity contribution in [3.63, 3.8) is 0 Å². The van der Waals surface area contributed by atoms with Crippen LogP contribution in [-0.2, 0) is 4.79 Å². The SMILES string of the molecule is CC(C)CC(CC(C)C)Nc1ccc2c(c1)NC(=O)CO2. The number of hydrogen-bond donors (Lipinski definition) is 2. The second kappa shape index (κ2) is 6.83. The van der Waals surface area contributed by atoms with Crippen molar-refractivity contribution in [2.75, 3.05) is 17.2 Å². The predicted octanol–water partition coefficient (Wildman–Crippen LogP) is 3.89. The molecule has 0 saturated carbocycles. The fourth-order valence-electron chi connectivity index (χ4n) is 2.76. The molecule has 0 fully saturated rings. The first-order valence-corrected chi connectivity index (χ1v) is 7.77. The number of ether oxygens (including phenoxy) is 1. The molecule has 1 aliphatic rings. The number of rotatable bonds is 6. The third kappa shape index (κ3) is 4.66. The zero-order valence-corrected chi connectivity index (χ0v) is 13.4. The van der Waals surface area contributed by atoms with Crippen LogP contribution in [0.25, 0.3) is 0 Å². The fraction of sp³-hybridized carbons (Fsp3) is 0.588. The first kappa shape index (κ1) is 15.7. The molecule has 1 aromatic rings. The molecule has 0 atom stereocenters. The summed E-state index contributed by atoms with van der Waals surface area (Å²) in [6, 6.07) is 6.34. The molecule has 0 radical (unpaired) electrons. The van der Waals surface area contributed by atoms with Gasteiger partial charge < -0.3 is 15.4 Å². The quantitative estimate of drug-likeness (QED) is 0.835. The van der Waals surface area contributed by atoms with Crippen LogP contribution in [0.15, 0.2) is 18.2 Å². The molecule has 1 heterocycles. The summed E-state index contributed by atoms with van der Waals surface area (Å²) in [4.78, 5) is 11.4. The molecule has 116 valence electrons. The van der Waals surface area contributed by atoms with Gasteiger partial charge in [0.25, 0.3) is 5.91 Å². The van der Waals surface area contributed by atoms with Gasteiger partial charge in [-0.2, -0.15) is 0 Å². The highest BCUT2D eigenvalue weighted by Gasteiger charge is 2.17. The van der Waals surface area contributed by atoms with E-state index >= 15 is 0 Å². The summed E-state index contributed by atoms with van der Waals surface area (Å²) >= 11 is 0. The lowest BCUT2D eigenvalue weighted by Gasteiger charge is -2.25. The molecule has 4 nitrogen and oxygen atoms in total. The number of nitrogens with one attached hydrogen (secondary N) is 2. The maximum Gasteiger partial charge on any atom is 0.262 e. The van der Waals surface area contributed by atoms with E-state index < -0.39 is 0 Å². The monoisotopic (exact) mass is 290 g/mol. The summed E-state index contributed by atoms with van der Waals surface area (Å²) in [7, 11) is 0. The Morgan fingerprint density at radius 1 is 1.19 bits per heavy atom. The van der Waals surface area contributed by atoms with E-state index in [1.165, 1.54) is 0 Å². The van der Waals surface area contributed by atoms with Gasteiger partial charge in [0.15, 0.2) is 6.61 Å². The van der Waals surface area contributed by atoms with Crippen molar-refractivity contribution in [1.29, 1.82) is 0 Å². The Morgan fingerprint density at radius 3 is 2.48 bits per heavy atom. The zero-order valence-electron chi connectivity index (χ0n) is 13.4. The van der Waals surface area contributed by atoms with Crippen LogP contribution in [0.4, 0.5) is 11.4 Å². The number of amides is 1. The molecule has 21 heavy (non-hydrogen) atoms. The average molecular weight is 290 g/mol. The van der Waals surface area contributed by atoms with Gasteiger partial charge in [-0.15, -0.1) is 0 Å². The third-order valence-electron chi connectivity index (χ3n) is 3.50. The lowest BCUT2D eigenvalue weighted by Crippen LogP contribution is -2.26. The highest BCUT2D eigenvalue weighted by atomic mass is 16.5. The molecule has 0 unspecified atom stereocenters. The smallest absolute Gasteiger partial charge is 0.262 e. The van der Waals surface area contributed by atoms with Crippen molar-refractivity contribution in [1.82, 2.24) is 0 Å². The number of fused-ring (bicyclic) bond motifs is 1. The van der Waals surface area contributed by atoms with E-state index in [-0.39, 0.29) is 12.5 Å². The number of carbonyl (C=O) groups is 1. The maximum absolute atomic E-state index is 11.4. The van der Waals surface area contributed by atoms with E-state index in [1.807, 2.05) is 18.2 Å². The molecule has 4 heteroatoms. The van der Waals surface area contributed by atoms with Crippen molar-refractivity contribution in [2.45, 2.75) is 46.6 Å². The lowest BCUT2D eigenvalue weighted by molar-refractivity contribution is -0.118. The summed E-state index contributed by atoms with van der Waals surface area (Å²) in [6.45, 7) is 9.08. The zero-order chi connectivity index (χ0) is 15.4. The molecule has 0 saturated heterocycles. The van der Waals surface area contributed by atoms with Gasteiger partial charge in [-0.25, -0.2) is 0 Å². The van der Waals surface area contributed by atoms with E-state index in [0.29, 0.717) is 17.9 Å². The van der Waals surface area contributed by atoms with E-state index in [2.05, 4.69) is 38.3 Å². The summed E-state index contributed by atoms with van der Waals surface area (Å²) in [6.07, 6.45) is 2.27. The molecule has 0 aliphatic carbocycles. The molecular formula is C17H26N2O2. The van der Waals surface area contributed by atoms with E-state index in [0.717, 1.165) is 30.0 Å². The Morgan fingerprint density at radius 2 is 1.86 bits per heavy atom. The van der Waals surface area contributed by atoms with Crippen LogP contribution in [0.1, 0.15) is 40.5 Å². The summed E-state index contributed by atoms with van der Waals surface area (Å²) in [5.74, 6) is 1.95. The van der Waals surface area contributed by atoms with Gasteiger partial charge in [0.05, 0.1) is 5.69 Å². The Balaban J connectivity index is 2.09. The standard InChI is InChI=1S/C17H26N2O2/c1-11(2)7-14(8-12(3)4)18-13-5-6-16-15(9-13)19-17(20)10-21-16/h5-6,9,11-12,14,18H,7-8,10H2,1-4H3,(H,19,20). The predicted molar refractivity (Wildman–Crippen MR) is 86.9 cm³/mol. The molecule has 0 bridgehead atoms. The maximum atomic E-state index is 11.4. The topological polar surface area (TPSA) is 50.4 Å². The van der Waals surface area contributed by atoms with Gasteiger partial charge in [0.1, 0.15) is 5.75 Å². The molecule has 0 spiro atoms. The molecular weight excluding hydrogens is 264 g/mol. The van der Waals surface area contributed by atoms with Crippen LogP contribution in [0.5, 0.6) is 5.75 Å². The Labute approximate surface area is 127 Å². The molecule has 2 rings (SSSR count). The highest BCUT2D eigenvalue weighted by Crippen LogP contribution is 2.31. The number of hydrogen-bond acceptors (Lipinski definition) is 3. The Hall–Kier alpha value is -1.71. The summed E-state index contributed by atoms with van der Waals surface area (Å²) < 4.78 is 5.38. The van der Waals surface area contributed by atoms with Gasteiger partial charge in [0, 0.05) is 11.7 Å². The summed E-state index contributed by atoms with van der Waals surface area (Å²) in [5.41, 5.74) is 1.79. The van der Waals surface area contributed by atoms with Crippen molar-refractivity contribution < 1.29 is 9.53 Å². The highest BCUT2D eigenvalue weighted by molar-refractivity contribution is 5.96.